The van der Waals surface area contributed by atoms with Gasteiger partial charge in [-0.1, -0.05) is 53.2 Å². The summed E-state index contributed by atoms with van der Waals surface area (Å²) in [5.74, 6) is 0. The number of nitrogens with zero attached hydrogens (tertiary/aromatic N) is 1. The lowest BCUT2D eigenvalue weighted by molar-refractivity contribution is 0.180. The summed E-state index contributed by atoms with van der Waals surface area (Å²) in [5, 5.41) is 3.47. The van der Waals surface area contributed by atoms with E-state index in [1.54, 1.807) is 5.57 Å². The van der Waals surface area contributed by atoms with E-state index in [9.17, 15) is 0 Å². The van der Waals surface area contributed by atoms with Crippen molar-refractivity contribution < 1.29 is 0 Å². The molecule has 106 valence electrons. The molecule has 0 radical (unpaired) electrons. The molecule has 0 saturated heterocycles. The summed E-state index contributed by atoms with van der Waals surface area (Å²) in [7, 11) is 0. The molecule has 0 aromatic carbocycles. The first-order valence-electron chi connectivity index (χ1n) is 7.37. The van der Waals surface area contributed by atoms with Crippen molar-refractivity contribution in [1.82, 2.24) is 10.2 Å². The molecule has 0 aliphatic carbocycles. The lowest BCUT2D eigenvalue weighted by Gasteiger charge is -2.37. The van der Waals surface area contributed by atoms with Crippen molar-refractivity contribution in [3.05, 3.63) is 11.6 Å². The van der Waals surface area contributed by atoms with Crippen molar-refractivity contribution in [2.75, 3.05) is 32.7 Å². The topological polar surface area (TPSA) is 15.3 Å². The van der Waals surface area contributed by atoms with Gasteiger partial charge in [-0.25, -0.2) is 0 Å². The molecule has 0 atom stereocenters. The highest BCUT2D eigenvalue weighted by molar-refractivity contribution is 5.14. The monoisotopic (exact) mass is 252 g/mol. The Balaban J connectivity index is 2.46. The summed E-state index contributed by atoms with van der Waals surface area (Å²) in [4.78, 5) is 2.59. The maximum Gasteiger partial charge on any atom is 0.0166 e. The highest BCUT2D eigenvalue weighted by Crippen LogP contribution is 2.30. The van der Waals surface area contributed by atoms with Crippen LogP contribution in [0, 0.1) is 10.8 Å². The first kappa shape index (κ1) is 15.7. The molecule has 1 rings (SSSR count). The van der Waals surface area contributed by atoms with Crippen molar-refractivity contribution in [1.29, 1.82) is 0 Å². The quantitative estimate of drug-likeness (QED) is 0.755. The van der Waals surface area contributed by atoms with E-state index in [-0.39, 0.29) is 0 Å². The molecular formula is C16H32N2. The molecule has 1 N–H and O–H groups in total. The van der Waals surface area contributed by atoms with Gasteiger partial charge in [0.2, 0.25) is 0 Å². The zero-order chi connectivity index (χ0) is 13.8. The zero-order valence-electron chi connectivity index (χ0n) is 13.3. The van der Waals surface area contributed by atoms with E-state index in [1.165, 1.54) is 19.5 Å². The van der Waals surface area contributed by atoms with Crippen molar-refractivity contribution in [3.8, 4) is 0 Å². The van der Waals surface area contributed by atoms with Gasteiger partial charge in [-0.15, -0.1) is 0 Å². The first-order valence-corrected chi connectivity index (χ1v) is 7.37. The Morgan fingerprint density at radius 3 is 2.33 bits per heavy atom. The number of hydrogen-bond donors (Lipinski definition) is 1. The van der Waals surface area contributed by atoms with Gasteiger partial charge in [0.25, 0.3) is 0 Å². The van der Waals surface area contributed by atoms with Gasteiger partial charge in [0, 0.05) is 26.2 Å². The first-order chi connectivity index (χ1) is 8.24. The fourth-order valence-corrected chi connectivity index (χ4v) is 2.66. The molecular weight excluding hydrogens is 220 g/mol. The SMILES string of the molecule is CCNCC(C)(C)CN1CC=C(C(C)(C)C)CC1. The molecule has 1 heterocycles. The Bertz CT molecular complexity index is 284. The Morgan fingerprint density at radius 2 is 1.89 bits per heavy atom. The summed E-state index contributed by atoms with van der Waals surface area (Å²) in [6.07, 6.45) is 3.69. The molecule has 1 aliphatic rings. The van der Waals surface area contributed by atoms with Crippen LogP contribution in [0.1, 0.15) is 48.0 Å². The fourth-order valence-electron chi connectivity index (χ4n) is 2.66. The molecule has 0 aromatic heterocycles. The third-order valence-electron chi connectivity index (χ3n) is 3.76. The minimum Gasteiger partial charge on any atom is -0.316 e. The summed E-state index contributed by atoms with van der Waals surface area (Å²) in [6.45, 7) is 19.6. The van der Waals surface area contributed by atoms with E-state index in [2.05, 4.69) is 57.8 Å². The number of nitrogens with one attached hydrogen (secondary N) is 1. The lowest BCUT2D eigenvalue weighted by atomic mass is 9.82. The largest absolute Gasteiger partial charge is 0.316 e. The maximum absolute atomic E-state index is 3.47. The number of hydrogen-bond acceptors (Lipinski definition) is 2. The number of rotatable bonds is 5. The molecule has 2 nitrogen and oxygen atoms in total. The van der Waals surface area contributed by atoms with Gasteiger partial charge in [0.05, 0.1) is 0 Å². The second-order valence-corrected chi connectivity index (χ2v) is 7.41. The van der Waals surface area contributed by atoms with Crippen LogP contribution < -0.4 is 5.32 Å². The third-order valence-corrected chi connectivity index (χ3v) is 3.76. The lowest BCUT2D eigenvalue weighted by Crippen LogP contribution is -2.42. The van der Waals surface area contributed by atoms with Crippen LogP contribution in [-0.4, -0.2) is 37.6 Å². The Kier molecular flexibility index (Phi) is 5.42. The predicted molar refractivity (Wildman–Crippen MR) is 80.9 cm³/mol. The van der Waals surface area contributed by atoms with Crippen LogP contribution in [0.5, 0.6) is 0 Å². The molecule has 0 spiro atoms. The van der Waals surface area contributed by atoms with Crippen LogP contribution in [0.4, 0.5) is 0 Å². The van der Waals surface area contributed by atoms with Crippen molar-refractivity contribution in [2.24, 2.45) is 10.8 Å². The van der Waals surface area contributed by atoms with Crippen molar-refractivity contribution in [2.45, 2.75) is 48.0 Å². The normalized spacial score (nSPS) is 18.9. The molecule has 1 aliphatic heterocycles. The van der Waals surface area contributed by atoms with Gasteiger partial charge in [-0.3, -0.25) is 4.90 Å². The van der Waals surface area contributed by atoms with Gasteiger partial charge in [0.1, 0.15) is 0 Å². The fraction of sp³-hybridized carbons (Fsp3) is 0.875. The van der Waals surface area contributed by atoms with Gasteiger partial charge in [-0.2, -0.15) is 0 Å². The van der Waals surface area contributed by atoms with E-state index < -0.39 is 0 Å². The molecule has 0 bridgehead atoms. The molecule has 18 heavy (non-hydrogen) atoms. The van der Waals surface area contributed by atoms with Gasteiger partial charge >= 0.3 is 0 Å². The van der Waals surface area contributed by atoms with E-state index >= 15 is 0 Å². The summed E-state index contributed by atoms with van der Waals surface area (Å²) in [6, 6.07) is 0. The highest BCUT2D eigenvalue weighted by atomic mass is 15.1. The van der Waals surface area contributed by atoms with Crippen molar-refractivity contribution >= 4 is 0 Å². The summed E-state index contributed by atoms with van der Waals surface area (Å²) < 4.78 is 0. The highest BCUT2D eigenvalue weighted by Gasteiger charge is 2.25. The second kappa shape index (κ2) is 6.21. The van der Waals surface area contributed by atoms with Crippen LogP contribution in [0.25, 0.3) is 0 Å². The standard InChI is InChI=1S/C16H32N2/c1-7-17-12-16(5,6)13-18-10-8-14(9-11-18)15(2,3)4/h8,17H,7,9-13H2,1-6H3. The van der Waals surface area contributed by atoms with Gasteiger partial charge in [0.15, 0.2) is 0 Å². The Labute approximate surface area is 114 Å². The van der Waals surface area contributed by atoms with Crippen LogP contribution in [0.3, 0.4) is 0 Å². The molecule has 0 fully saturated rings. The molecule has 2 heteroatoms. The third kappa shape index (κ3) is 5.11. The van der Waals surface area contributed by atoms with E-state index in [0.717, 1.165) is 19.6 Å². The minimum absolute atomic E-state index is 0.353. The predicted octanol–water partition coefficient (Wildman–Crippen LogP) is 3.30. The van der Waals surface area contributed by atoms with Crippen molar-refractivity contribution in [3.63, 3.8) is 0 Å². The van der Waals surface area contributed by atoms with E-state index in [4.69, 9.17) is 0 Å². The average Bonchev–Trinajstić information content (AvgIpc) is 2.25. The average molecular weight is 252 g/mol. The summed E-state index contributed by atoms with van der Waals surface area (Å²) >= 11 is 0. The van der Waals surface area contributed by atoms with E-state index in [1.807, 2.05) is 0 Å². The van der Waals surface area contributed by atoms with Crippen LogP contribution in [-0.2, 0) is 0 Å². The van der Waals surface area contributed by atoms with Crippen LogP contribution in [0.15, 0.2) is 11.6 Å². The van der Waals surface area contributed by atoms with Gasteiger partial charge < -0.3 is 5.32 Å². The zero-order valence-corrected chi connectivity index (χ0v) is 13.3. The smallest absolute Gasteiger partial charge is 0.0166 e. The maximum atomic E-state index is 3.47. The van der Waals surface area contributed by atoms with E-state index in [0.29, 0.717) is 10.8 Å². The van der Waals surface area contributed by atoms with Gasteiger partial charge in [-0.05, 0) is 23.8 Å². The van der Waals surface area contributed by atoms with Crippen LogP contribution >= 0.6 is 0 Å². The molecule has 0 aromatic rings. The Morgan fingerprint density at radius 1 is 1.22 bits per heavy atom. The minimum atomic E-state index is 0.353. The summed E-state index contributed by atoms with van der Waals surface area (Å²) in [5.41, 5.74) is 2.34. The molecule has 0 saturated carbocycles. The molecule has 0 unspecified atom stereocenters. The van der Waals surface area contributed by atoms with Crippen LogP contribution in [0.2, 0.25) is 0 Å². The molecule has 0 amide bonds. The second-order valence-electron chi connectivity index (χ2n) is 7.41. The Hall–Kier alpha value is -0.340.